The highest BCUT2D eigenvalue weighted by Gasteiger charge is 2.26. The Labute approximate surface area is 150 Å². The lowest BCUT2D eigenvalue weighted by molar-refractivity contribution is 0.311. The van der Waals surface area contributed by atoms with E-state index in [1.54, 1.807) is 11.8 Å². The molecule has 0 unspecified atom stereocenters. The van der Waals surface area contributed by atoms with Crippen LogP contribution in [0.1, 0.15) is 0 Å². The molecule has 0 bridgehead atoms. The fourth-order valence-corrected chi connectivity index (χ4v) is 4.21. The molecule has 1 aliphatic heterocycles. The minimum Gasteiger partial charge on any atom is -0.395 e. The molecular formula is C18H21N5OS. The fraction of sp³-hybridized carbons (Fsp3) is 0.333. The Kier molecular flexibility index (Phi) is 4.37. The average molecular weight is 355 g/mol. The van der Waals surface area contributed by atoms with Crippen molar-refractivity contribution in [3.63, 3.8) is 0 Å². The van der Waals surface area contributed by atoms with E-state index in [0.717, 1.165) is 45.5 Å². The van der Waals surface area contributed by atoms with Gasteiger partial charge in [0.1, 0.15) is 10.7 Å². The number of aliphatic hydroxyl groups excluding tert-OH is 1. The summed E-state index contributed by atoms with van der Waals surface area (Å²) >= 11 is 1.67. The largest absolute Gasteiger partial charge is 0.395 e. The van der Waals surface area contributed by atoms with Crippen LogP contribution in [0, 0.1) is 0 Å². The van der Waals surface area contributed by atoms with E-state index in [4.69, 9.17) is 10.2 Å². The van der Waals surface area contributed by atoms with Gasteiger partial charge >= 0.3 is 0 Å². The standard InChI is InChI=1S/C18H21N5OS/c1-22(2)9-10-23-14-6-5-13(19-8-11-24)17-15(14)16(21-23)12-4-3-7-20-18(12)25-17/h3-7,19,24H,8-11H2,1-2H3. The SMILES string of the molecule is CN(C)CCn1nc2c3c(c(NCCO)ccc31)Sc1ncccc1-2. The van der Waals surface area contributed by atoms with Crippen molar-refractivity contribution < 1.29 is 5.11 Å². The zero-order valence-corrected chi connectivity index (χ0v) is 15.2. The van der Waals surface area contributed by atoms with Crippen molar-refractivity contribution in [2.75, 3.05) is 39.1 Å². The van der Waals surface area contributed by atoms with Crippen molar-refractivity contribution in [2.45, 2.75) is 16.5 Å². The molecule has 0 aliphatic carbocycles. The van der Waals surface area contributed by atoms with Crippen LogP contribution < -0.4 is 5.32 Å². The highest BCUT2D eigenvalue weighted by atomic mass is 32.2. The number of hydrogen-bond donors (Lipinski definition) is 2. The quantitative estimate of drug-likeness (QED) is 0.554. The van der Waals surface area contributed by atoms with Crippen LogP contribution in [0.5, 0.6) is 0 Å². The predicted molar refractivity (Wildman–Crippen MR) is 101 cm³/mol. The van der Waals surface area contributed by atoms with Crippen molar-refractivity contribution in [3.05, 3.63) is 30.5 Å². The Morgan fingerprint density at radius 3 is 2.96 bits per heavy atom. The number of aliphatic hydroxyl groups is 1. The Hall–Kier alpha value is -2.09. The lowest BCUT2D eigenvalue weighted by atomic mass is 10.1. The van der Waals surface area contributed by atoms with Gasteiger partial charge in [0.25, 0.3) is 0 Å². The third-order valence-corrected chi connectivity index (χ3v) is 5.43. The van der Waals surface area contributed by atoms with Crippen LogP contribution in [0.2, 0.25) is 0 Å². The molecule has 2 aromatic heterocycles. The molecule has 0 saturated heterocycles. The molecule has 130 valence electrons. The van der Waals surface area contributed by atoms with Crippen molar-refractivity contribution >= 4 is 28.4 Å². The topological polar surface area (TPSA) is 66.2 Å². The number of fused-ring (bicyclic) bond motifs is 2. The maximum Gasteiger partial charge on any atom is 0.110 e. The summed E-state index contributed by atoms with van der Waals surface area (Å²) in [4.78, 5) is 7.84. The Morgan fingerprint density at radius 2 is 2.16 bits per heavy atom. The van der Waals surface area contributed by atoms with E-state index in [1.165, 1.54) is 5.39 Å². The highest BCUT2D eigenvalue weighted by Crippen LogP contribution is 2.49. The maximum atomic E-state index is 9.15. The third-order valence-electron chi connectivity index (χ3n) is 4.28. The molecule has 1 aromatic carbocycles. The summed E-state index contributed by atoms with van der Waals surface area (Å²) in [6.45, 7) is 2.40. The molecule has 3 aromatic rings. The number of likely N-dealkylation sites (N-methyl/N-ethyl adjacent to an activating group) is 1. The van der Waals surface area contributed by atoms with E-state index in [2.05, 4.69) is 52.2 Å². The molecule has 2 N–H and O–H groups in total. The first-order chi connectivity index (χ1) is 12.2. The average Bonchev–Trinajstić information content (AvgIpc) is 2.99. The number of rotatable bonds is 6. The minimum absolute atomic E-state index is 0.103. The first-order valence-electron chi connectivity index (χ1n) is 8.35. The number of nitrogens with one attached hydrogen (secondary N) is 1. The van der Waals surface area contributed by atoms with Gasteiger partial charge in [-0.1, -0.05) is 11.8 Å². The smallest absolute Gasteiger partial charge is 0.110 e. The third kappa shape index (κ3) is 2.88. The normalized spacial score (nSPS) is 12.6. The molecule has 0 spiro atoms. The number of anilines is 1. The Bertz CT molecular complexity index is 921. The van der Waals surface area contributed by atoms with Gasteiger partial charge in [-0.25, -0.2) is 4.98 Å². The summed E-state index contributed by atoms with van der Waals surface area (Å²) in [5.74, 6) is 0. The van der Waals surface area contributed by atoms with E-state index in [9.17, 15) is 0 Å². The van der Waals surface area contributed by atoms with Gasteiger partial charge < -0.3 is 15.3 Å². The van der Waals surface area contributed by atoms with Crippen LogP contribution in [-0.2, 0) is 6.54 Å². The zero-order valence-electron chi connectivity index (χ0n) is 14.4. The molecule has 1 aliphatic rings. The van der Waals surface area contributed by atoms with Gasteiger partial charge in [-0.05, 0) is 38.4 Å². The number of nitrogens with zero attached hydrogens (tertiary/aromatic N) is 4. The molecule has 0 radical (unpaired) electrons. The summed E-state index contributed by atoms with van der Waals surface area (Å²) in [6, 6.07) is 8.24. The maximum absolute atomic E-state index is 9.15. The van der Waals surface area contributed by atoms with E-state index in [0.29, 0.717) is 6.54 Å². The summed E-state index contributed by atoms with van der Waals surface area (Å²) in [5, 5.41) is 19.5. The number of benzene rings is 1. The van der Waals surface area contributed by atoms with Gasteiger partial charge in [-0.2, -0.15) is 5.10 Å². The van der Waals surface area contributed by atoms with Gasteiger partial charge in [0.05, 0.1) is 18.7 Å². The molecule has 3 heterocycles. The lowest BCUT2D eigenvalue weighted by Gasteiger charge is -2.17. The Balaban J connectivity index is 1.90. The number of hydrogen-bond acceptors (Lipinski definition) is 6. The van der Waals surface area contributed by atoms with Crippen LogP contribution >= 0.6 is 11.8 Å². The van der Waals surface area contributed by atoms with Gasteiger partial charge in [0.2, 0.25) is 0 Å². The van der Waals surface area contributed by atoms with Crippen molar-refractivity contribution in [1.29, 1.82) is 0 Å². The first kappa shape index (κ1) is 16.4. The second kappa shape index (κ2) is 6.67. The van der Waals surface area contributed by atoms with E-state index in [1.807, 2.05) is 12.3 Å². The summed E-state index contributed by atoms with van der Waals surface area (Å²) in [5.41, 5.74) is 4.26. The first-order valence-corrected chi connectivity index (χ1v) is 9.17. The number of pyridine rings is 1. The van der Waals surface area contributed by atoms with Crippen LogP contribution in [0.4, 0.5) is 5.69 Å². The van der Waals surface area contributed by atoms with Gasteiger partial charge in [0, 0.05) is 40.8 Å². The molecule has 25 heavy (non-hydrogen) atoms. The predicted octanol–water partition coefficient (Wildman–Crippen LogP) is 2.53. The van der Waals surface area contributed by atoms with E-state index < -0.39 is 0 Å². The van der Waals surface area contributed by atoms with Crippen LogP contribution in [0.25, 0.3) is 22.2 Å². The second-order valence-electron chi connectivity index (χ2n) is 6.32. The monoisotopic (exact) mass is 355 g/mol. The summed E-state index contributed by atoms with van der Waals surface area (Å²) in [6.07, 6.45) is 1.82. The van der Waals surface area contributed by atoms with Crippen LogP contribution in [-0.4, -0.2) is 58.6 Å². The second-order valence-corrected chi connectivity index (χ2v) is 7.32. The molecule has 0 saturated carbocycles. The summed E-state index contributed by atoms with van der Waals surface area (Å²) < 4.78 is 2.09. The van der Waals surface area contributed by atoms with Gasteiger partial charge in [0.15, 0.2) is 0 Å². The molecule has 0 atom stereocenters. The molecule has 0 amide bonds. The van der Waals surface area contributed by atoms with Crippen LogP contribution in [0.15, 0.2) is 40.4 Å². The van der Waals surface area contributed by atoms with Crippen molar-refractivity contribution in [1.82, 2.24) is 19.7 Å². The summed E-state index contributed by atoms with van der Waals surface area (Å²) in [7, 11) is 4.14. The minimum atomic E-state index is 0.103. The highest BCUT2D eigenvalue weighted by molar-refractivity contribution is 7.99. The lowest BCUT2D eigenvalue weighted by Crippen LogP contribution is -2.19. The molecule has 4 rings (SSSR count). The van der Waals surface area contributed by atoms with E-state index >= 15 is 0 Å². The zero-order chi connectivity index (χ0) is 17.4. The molecular weight excluding hydrogens is 334 g/mol. The van der Waals surface area contributed by atoms with Crippen LogP contribution in [0.3, 0.4) is 0 Å². The van der Waals surface area contributed by atoms with Crippen molar-refractivity contribution in [2.24, 2.45) is 0 Å². The van der Waals surface area contributed by atoms with E-state index in [-0.39, 0.29) is 6.61 Å². The molecule has 6 nitrogen and oxygen atoms in total. The van der Waals surface area contributed by atoms with Gasteiger partial charge in [-0.15, -0.1) is 0 Å². The van der Waals surface area contributed by atoms with Gasteiger partial charge in [-0.3, -0.25) is 4.68 Å². The molecule has 0 fully saturated rings. The fourth-order valence-electron chi connectivity index (χ4n) is 3.08. The van der Waals surface area contributed by atoms with Crippen molar-refractivity contribution in [3.8, 4) is 11.3 Å². The Morgan fingerprint density at radius 1 is 1.28 bits per heavy atom. The number of aromatic nitrogens is 3. The molecule has 7 heteroatoms.